The van der Waals surface area contributed by atoms with Crippen molar-refractivity contribution in [2.75, 3.05) is 6.61 Å². The number of allylic oxidation sites excluding steroid dienone is 3. The molecule has 0 unspecified atom stereocenters. The molecule has 2 rings (SSSR count). The van der Waals surface area contributed by atoms with Crippen molar-refractivity contribution >= 4 is 5.97 Å². The zero-order valence-electron chi connectivity index (χ0n) is 7.82. The van der Waals surface area contributed by atoms with Gasteiger partial charge in [-0.15, -0.1) is 0 Å². The second-order valence-corrected chi connectivity index (χ2v) is 3.61. The SMILES string of the molecule is CCOC(=O)/C=C1\C[C@@H]2C=CC[C@H]12. The highest BCUT2D eigenvalue weighted by Gasteiger charge is 2.36. The van der Waals surface area contributed by atoms with Gasteiger partial charge in [0.25, 0.3) is 0 Å². The molecule has 2 atom stereocenters. The van der Waals surface area contributed by atoms with Crippen LogP contribution in [0.15, 0.2) is 23.8 Å². The first kappa shape index (κ1) is 8.54. The van der Waals surface area contributed by atoms with E-state index in [-0.39, 0.29) is 5.97 Å². The van der Waals surface area contributed by atoms with Crippen molar-refractivity contribution < 1.29 is 9.53 Å². The van der Waals surface area contributed by atoms with Crippen LogP contribution in [0, 0.1) is 11.8 Å². The van der Waals surface area contributed by atoms with E-state index >= 15 is 0 Å². The van der Waals surface area contributed by atoms with Crippen LogP contribution in [-0.2, 0) is 9.53 Å². The van der Waals surface area contributed by atoms with E-state index in [0.29, 0.717) is 18.4 Å². The second kappa shape index (κ2) is 3.36. The van der Waals surface area contributed by atoms with Gasteiger partial charge >= 0.3 is 5.97 Å². The number of carbonyl (C=O) groups excluding carboxylic acids is 1. The highest BCUT2D eigenvalue weighted by atomic mass is 16.5. The van der Waals surface area contributed by atoms with Crippen LogP contribution in [0.25, 0.3) is 0 Å². The molecule has 2 nitrogen and oxygen atoms in total. The van der Waals surface area contributed by atoms with Gasteiger partial charge in [-0.25, -0.2) is 4.79 Å². The molecule has 2 heteroatoms. The Bertz CT molecular complexity index is 276. The van der Waals surface area contributed by atoms with Crippen LogP contribution >= 0.6 is 0 Å². The third-order valence-corrected chi connectivity index (χ3v) is 2.83. The van der Waals surface area contributed by atoms with Crippen LogP contribution in [0.3, 0.4) is 0 Å². The second-order valence-electron chi connectivity index (χ2n) is 3.61. The molecule has 0 aliphatic heterocycles. The molecule has 1 saturated carbocycles. The summed E-state index contributed by atoms with van der Waals surface area (Å²) in [4.78, 5) is 11.1. The van der Waals surface area contributed by atoms with Crippen LogP contribution < -0.4 is 0 Å². The quantitative estimate of drug-likeness (QED) is 0.367. The van der Waals surface area contributed by atoms with E-state index in [1.54, 1.807) is 6.08 Å². The van der Waals surface area contributed by atoms with E-state index in [1.807, 2.05) is 6.92 Å². The third-order valence-electron chi connectivity index (χ3n) is 2.83. The number of hydrogen-bond acceptors (Lipinski definition) is 2. The zero-order chi connectivity index (χ0) is 9.26. The Hall–Kier alpha value is -1.05. The highest BCUT2D eigenvalue weighted by molar-refractivity contribution is 5.83. The summed E-state index contributed by atoms with van der Waals surface area (Å²) in [7, 11) is 0. The van der Waals surface area contributed by atoms with Gasteiger partial charge in [-0.05, 0) is 31.6 Å². The Kier molecular flexibility index (Phi) is 2.21. The first-order valence-electron chi connectivity index (χ1n) is 4.85. The van der Waals surface area contributed by atoms with Gasteiger partial charge in [0.1, 0.15) is 0 Å². The molecule has 0 heterocycles. The van der Waals surface area contributed by atoms with Gasteiger partial charge < -0.3 is 4.74 Å². The Morgan fingerprint density at radius 1 is 1.77 bits per heavy atom. The largest absolute Gasteiger partial charge is 0.463 e. The molecular weight excluding hydrogens is 164 g/mol. The lowest BCUT2D eigenvalue weighted by Gasteiger charge is -2.33. The Morgan fingerprint density at radius 3 is 3.31 bits per heavy atom. The van der Waals surface area contributed by atoms with Gasteiger partial charge in [-0.3, -0.25) is 0 Å². The molecule has 2 aliphatic rings. The Morgan fingerprint density at radius 2 is 2.62 bits per heavy atom. The van der Waals surface area contributed by atoms with Crippen molar-refractivity contribution in [2.24, 2.45) is 11.8 Å². The minimum absolute atomic E-state index is 0.178. The maximum absolute atomic E-state index is 11.1. The minimum atomic E-state index is -0.178. The summed E-state index contributed by atoms with van der Waals surface area (Å²) in [5.74, 6) is 1.15. The monoisotopic (exact) mass is 178 g/mol. The molecule has 2 aliphatic carbocycles. The van der Waals surface area contributed by atoms with Crippen LogP contribution in [0.4, 0.5) is 0 Å². The first-order chi connectivity index (χ1) is 6.31. The Balaban J connectivity index is 1.93. The molecule has 13 heavy (non-hydrogen) atoms. The molecular formula is C11H14O2. The smallest absolute Gasteiger partial charge is 0.330 e. The molecule has 0 amide bonds. The standard InChI is InChI=1S/C11H14O2/c1-2-13-11(12)7-9-6-8-4-3-5-10(8)9/h3-4,7-8,10H,2,5-6H2,1H3/b9-7+/t8-,10-/m0/s1. The normalized spacial score (nSPS) is 32.8. The molecule has 0 spiro atoms. The van der Waals surface area contributed by atoms with Gasteiger partial charge in [-0.1, -0.05) is 17.7 Å². The van der Waals surface area contributed by atoms with Crippen LogP contribution in [0.2, 0.25) is 0 Å². The number of ether oxygens (including phenoxy) is 1. The number of rotatable bonds is 2. The summed E-state index contributed by atoms with van der Waals surface area (Å²) in [5, 5.41) is 0. The molecule has 70 valence electrons. The fourth-order valence-corrected chi connectivity index (χ4v) is 2.11. The number of hydrogen-bond donors (Lipinski definition) is 0. The predicted molar refractivity (Wildman–Crippen MR) is 50.1 cm³/mol. The summed E-state index contributed by atoms with van der Waals surface area (Å²) >= 11 is 0. The first-order valence-corrected chi connectivity index (χ1v) is 4.85. The summed E-state index contributed by atoms with van der Waals surface area (Å²) < 4.78 is 4.86. The minimum Gasteiger partial charge on any atom is -0.463 e. The van der Waals surface area contributed by atoms with Gasteiger partial charge in [0, 0.05) is 6.08 Å². The van der Waals surface area contributed by atoms with Crippen molar-refractivity contribution in [3.63, 3.8) is 0 Å². The van der Waals surface area contributed by atoms with Gasteiger partial charge in [0.15, 0.2) is 0 Å². The lowest BCUT2D eigenvalue weighted by Crippen LogP contribution is -2.24. The highest BCUT2D eigenvalue weighted by Crippen LogP contribution is 2.46. The summed E-state index contributed by atoms with van der Waals surface area (Å²) in [6.45, 7) is 2.30. The fourth-order valence-electron chi connectivity index (χ4n) is 2.11. The van der Waals surface area contributed by atoms with Crippen molar-refractivity contribution in [3.05, 3.63) is 23.8 Å². The molecule has 0 aromatic carbocycles. The van der Waals surface area contributed by atoms with Crippen LogP contribution in [-0.4, -0.2) is 12.6 Å². The number of esters is 1. The van der Waals surface area contributed by atoms with Gasteiger partial charge in [0.05, 0.1) is 6.61 Å². The molecule has 0 N–H and O–H groups in total. The van der Waals surface area contributed by atoms with E-state index in [1.165, 1.54) is 5.57 Å². The maximum Gasteiger partial charge on any atom is 0.330 e. The molecule has 0 radical (unpaired) electrons. The zero-order valence-corrected chi connectivity index (χ0v) is 7.82. The van der Waals surface area contributed by atoms with Gasteiger partial charge in [-0.2, -0.15) is 0 Å². The topological polar surface area (TPSA) is 26.3 Å². The lowest BCUT2D eigenvalue weighted by atomic mass is 9.71. The van der Waals surface area contributed by atoms with Crippen molar-refractivity contribution in [2.45, 2.75) is 19.8 Å². The Labute approximate surface area is 78.3 Å². The molecule has 0 aromatic rings. The van der Waals surface area contributed by atoms with Crippen LogP contribution in [0.5, 0.6) is 0 Å². The lowest BCUT2D eigenvalue weighted by molar-refractivity contribution is -0.137. The molecule has 0 saturated heterocycles. The summed E-state index contributed by atoms with van der Waals surface area (Å²) in [6.07, 6.45) is 8.31. The van der Waals surface area contributed by atoms with Crippen molar-refractivity contribution in [3.8, 4) is 0 Å². The predicted octanol–water partition coefficient (Wildman–Crippen LogP) is 2.07. The molecule has 1 fully saturated rings. The maximum atomic E-state index is 11.1. The average Bonchev–Trinajstić information content (AvgIpc) is 2.43. The third kappa shape index (κ3) is 1.53. The van der Waals surface area contributed by atoms with Gasteiger partial charge in [0.2, 0.25) is 0 Å². The van der Waals surface area contributed by atoms with Crippen molar-refractivity contribution in [1.29, 1.82) is 0 Å². The summed E-state index contributed by atoms with van der Waals surface area (Å²) in [6, 6.07) is 0. The van der Waals surface area contributed by atoms with E-state index in [0.717, 1.165) is 12.8 Å². The fraction of sp³-hybridized carbons (Fsp3) is 0.545. The van der Waals surface area contributed by atoms with Crippen molar-refractivity contribution in [1.82, 2.24) is 0 Å². The number of carbonyl (C=O) groups is 1. The average molecular weight is 178 g/mol. The van der Waals surface area contributed by atoms with E-state index in [2.05, 4.69) is 12.2 Å². The molecule has 0 bridgehead atoms. The van der Waals surface area contributed by atoms with E-state index < -0.39 is 0 Å². The number of fused-ring (bicyclic) bond motifs is 1. The van der Waals surface area contributed by atoms with E-state index in [4.69, 9.17) is 4.74 Å². The summed E-state index contributed by atoms with van der Waals surface area (Å²) in [5.41, 5.74) is 1.27. The van der Waals surface area contributed by atoms with E-state index in [9.17, 15) is 4.79 Å². The molecule has 0 aromatic heterocycles. The van der Waals surface area contributed by atoms with Crippen LogP contribution in [0.1, 0.15) is 19.8 Å².